The Hall–Kier alpha value is -1.59. The van der Waals surface area contributed by atoms with Gasteiger partial charge < -0.3 is 15.1 Å². The van der Waals surface area contributed by atoms with Gasteiger partial charge in [-0.05, 0) is 44.4 Å². The molecule has 0 saturated carbocycles. The zero-order valence-electron chi connectivity index (χ0n) is 13.7. The fourth-order valence-corrected chi connectivity index (χ4v) is 4.26. The highest BCUT2D eigenvalue weighted by atomic mass is 35.5. The number of amides is 2. The second-order valence-electron chi connectivity index (χ2n) is 6.86. The number of halogens is 1. The fraction of sp³-hybridized carbons (Fsp3) is 0.556. The van der Waals surface area contributed by atoms with E-state index >= 15 is 0 Å². The van der Waals surface area contributed by atoms with Crippen LogP contribution in [0.2, 0.25) is 0 Å². The van der Waals surface area contributed by atoms with E-state index in [1.807, 2.05) is 40.1 Å². The van der Waals surface area contributed by atoms with Crippen molar-refractivity contribution in [2.45, 2.75) is 43.8 Å². The lowest BCUT2D eigenvalue weighted by Gasteiger charge is -2.42. The Morgan fingerprint density at radius 3 is 2.25 bits per heavy atom. The molecule has 1 N–H and O–H groups in total. The van der Waals surface area contributed by atoms with Crippen LogP contribution < -0.4 is 5.32 Å². The van der Waals surface area contributed by atoms with Gasteiger partial charge in [-0.1, -0.05) is 18.2 Å². The second kappa shape index (κ2) is 7.11. The van der Waals surface area contributed by atoms with E-state index in [1.54, 1.807) is 0 Å². The quantitative estimate of drug-likeness (QED) is 0.883. The first kappa shape index (κ1) is 17.2. The van der Waals surface area contributed by atoms with Gasteiger partial charge in [-0.15, -0.1) is 12.4 Å². The minimum Gasteiger partial charge on any atom is -0.337 e. The van der Waals surface area contributed by atoms with Crippen LogP contribution in [0.4, 0.5) is 0 Å². The zero-order chi connectivity index (χ0) is 15.8. The number of rotatable bonds is 2. The molecule has 3 heterocycles. The van der Waals surface area contributed by atoms with Crippen molar-refractivity contribution in [3.63, 3.8) is 0 Å². The first-order valence-corrected chi connectivity index (χ1v) is 8.64. The van der Waals surface area contributed by atoms with E-state index in [1.165, 1.54) is 0 Å². The first-order chi connectivity index (χ1) is 11.2. The van der Waals surface area contributed by atoms with Gasteiger partial charge in [0, 0.05) is 18.7 Å². The maximum Gasteiger partial charge on any atom is 0.254 e. The van der Waals surface area contributed by atoms with Crippen LogP contribution in [0.3, 0.4) is 0 Å². The Morgan fingerprint density at radius 1 is 1.00 bits per heavy atom. The summed E-state index contributed by atoms with van der Waals surface area (Å²) < 4.78 is 0. The number of likely N-dealkylation sites (tertiary alicyclic amines) is 1. The summed E-state index contributed by atoms with van der Waals surface area (Å²) in [6.45, 7) is 2.31. The van der Waals surface area contributed by atoms with Crippen molar-refractivity contribution in [1.29, 1.82) is 0 Å². The molecular weight excluding hydrogens is 326 g/mol. The van der Waals surface area contributed by atoms with Gasteiger partial charge in [0.1, 0.15) is 0 Å². The van der Waals surface area contributed by atoms with Crippen LogP contribution in [0.5, 0.6) is 0 Å². The second-order valence-corrected chi connectivity index (χ2v) is 6.86. The standard InChI is InChI=1S/C18H23N3O2.ClH/c22-17(13-5-2-1-3-6-13)21-14-8-9-15(21)12-20(11-14)18(23)16-7-4-10-19-16;/h1-3,5-6,14-16,19H,4,7-12H2;1H/t14?,15?,16-;/m0./s1. The van der Waals surface area contributed by atoms with E-state index in [0.29, 0.717) is 13.1 Å². The van der Waals surface area contributed by atoms with Crippen molar-refractivity contribution in [3.8, 4) is 0 Å². The molecule has 0 aliphatic carbocycles. The van der Waals surface area contributed by atoms with Gasteiger partial charge in [0.05, 0.1) is 18.1 Å². The number of carbonyl (C=O) groups is 2. The molecule has 5 nitrogen and oxygen atoms in total. The Morgan fingerprint density at radius 2 is 1.67 bits per heavy atom. The van der Waals surface area contributed by atoms with Crippen LogP contribution in [0, 0.1) is 0 Å². The highest BCUT2D eigenvalue weighted by molar-refractivity contribution is 5.95. The SMILES string of the molecule is Cl.O=C([C@@H]1CCCN1)N1CC2CCC(C1)N2C(=O)c1ccccc1. The molecule has 4 rings (SSSR count). The molecule has 3 aliphatic rings. The predicted molar refractivity (Wildman–Crippen MR) is 94.3 cm³/mol. The van der Waals surface area contributed by atoms with Crippen molar-refractivity contribution >= 4 is 24.2 Å². The van der Waals surface area contributed by atoms with Crippen LogP contribution in [0.1, 0.15) is 36.0 Å². The average Bonchev–Trinajstić information content (AvgIpc) is 3.21. The summed E-state index contributed by atoms with van der Waals surface area (Å²) in [5, 5.41) is 3.29. The molecule has 1 aromatic carbocycles. The molecule has 3 atom stereocenters. The number of fused-ring (bicyclic) bond motifs is 2. The van der Waals surface area contributed by atoms with E-state index < -0.39 is 0 Å². The van der Waals surface area contributed by atoms with Crippen LogP contribution >= 0.6 is 12.4 Å². The van der Waals surface area contributed by atoms with Crippen molar-refractivity contribution in [2.24, 2.45) is 0 Å². The predicted octanol–water partition coefficient (Wildman–Crippen LogP) is 1.68. The van der Waals surface area contributed by atoms with Gasteiger partial charge >= 0.3 is 0 Å². The lowest BCUT2D eigenvalue weighted by Crippen LogP contribution is -2.59. The monoisotopic (exact) mass is 349 g/mol. The smallest absolute Gasteiger partial charge is 0.254 e. The highest BCUT2D eigenvalue weighted by Crippen LogP contribution is 2.32. The normalized spacial score (nSPS) is 28.6. The summed E-state index contributed by atoms with van der Waals surface area (Å²) in [6.07, 6.45) is 4.03. The lowest BCUT2D eigenvalue weighted by atomic mass is 10.1. The molecule has 6 heteroatoms. The topological polar surface area (TPSA) is 52.7 Å². The summed E-state index contributed by atoms with van der Waals surface area (Å²) in [7, 11) is 0. The van der Waals surface area contributed by atoms with Crippen molar-refractivity contribution in [2.75, 3.05) is 19.6 Å². The fourth-order valence-electron chi connectivity index (χ4n) is 4.26. The molecule has 2 bridgehead atoms. The third kappa shape index (κ3) is 3.03. The maximum atomic E-state index is 12.8. The molecule has 3 fully saturated rings. The molecule has 2 unspecified atom stereocenters. The van der Waals surface area contributed by atoms with Crippen molar-refractivity contribution in [1.82, 2.24) is 15.1 Å². The molecular formula is C18H24ClN3O2. The van der Waals surface area contributed by atoms with E-state index in [2.05, 4.69) is 5.32 Å². The number of nitrogens with one attached hydrogen (secondary N) is 1. The summed E-state index contributed by atoms with van der Waals surface area (Å²) in [5.74, 6) is 0.343. The van der Waals surface area contributed by atoms with Crippen LogP contribution in [0.25, 0.3) is 0 Å². The van der Waals surface area contributed by atoms with Crippen molar-refractivity contribution in [3.05, 3.63) is 35.9 Å². The Kier molecular flexibility index (Phi) is 5.11. The highest BCUT2D eigenvalue weighted by Gasteiger charge is 2.44. The number of nitrogens with zero attached hydrogens (tertiary/aromatic N) is 2. The molecule has 24 heavy (non-hydrogen) atoms. The van der Waals surface area contributed by atoms with E-state index in [-0.39, 0.29) is 42.3 Å². The van der Waals surface area contributed by atoms with Crippen LogP contribution in [-0.4, -0.2) is 59.4 Å². The molecule has 3 saturated heterocycles. The Balaban J connectivity index is 0.00000169. The largest absolute Gasteiger partial charge is 0.337 e. The maximum absolute atomic E-state index is 12.8. The summed E-state index contributed by atoms with van der Waals surface area (Å²) in [5.41, 5.74) is 0.752. The molecule has 0 aromatic heterocycles. The molecule has 3 aliphatic heterocycles. The molecule has 0 spiro atoms. The van der Waals surface area contributed by atoms with Gasteiger partial charge in [-0.3, -0.25) is 9.59 Å². The molecule has 0 radical (unpaired) electrons. The number of piperazine rings is 1. The van der Waals surface area contributed by atoms with Gasteiger partial charge in [0.15, 0.2) is 0 Å². The van der Waals surface area contributed by atoms with Gasteiger partial charge in [0.2, 0.25) is 5.91 Å². The third-order valence-electron chi connectivity index (χ3n) is 5.41. The minimum absolute atomic E-state index is 0. The van der Waals surface area contributed by atoms with Crippen LogP contribution in [-0.2, 0) is 4.79 Å². The number of hydrogen-bond acceptors (Lipinski definition) is 3. The Bertz CT molecular complexity index is 590. The summed E-state index contributed by atoms with van der Waals surface area (Å²) >= 11 is 0. The summed E-state index contributed by atoms with van der Waals surface area (Å²) in [4.78, 5) is 29.4. The van der Waals surface area contributed by atoms with E-state index in [9.17, 15) is 9.59 Å². The van der Waals surface area contributed by atoms with E-state index in [4.69, 9.17) is 0 Å². The summed E-state index contributed by atoms with van der Waals surface area (Å²) in [6, 6.07) is 9.82. The number of hydrogen-bond donors (Lipinski definition) is 1. The first-order valence-electron chi connectivity index (χ1n) is 8.64. The van der Waals surface area contributed by atoms with Gasteiger partial charge in [0.25, 0.3) is 5.91 Å². The van der Waals surface area contributed by atoms with Gasteiger partial charge in [-0.25, -0.2) is 0 Å². The van der Waals surface area contributed by atoms with Crippen LogP contribution in [0.15, 0.2) is 30.3 Å². The number of carbonyl (C=O) groups excluding carboxylic acids is 2. The van der Waals surface area contributed by atoms with E-state index in [0.717, 1.165) is 37.8 Å². The van der Waals surface area contributed by atoms with Gasteiger partial charge in [-0.2, -0.15) is 0 Å². The molecule has 130 valence electrons. The molecule has 2 amide bonds. The zero-order valence-corrected chi connectivity index (χ0v) is 14.5. The minimum atomic E-state index is -0.00854. The average molecular weight is 350 g/mol. The lowest BCUT2D eigenvalue weighted by molar-refractivity contribution is -0.136. The molecule has 1 aromatic rings. The third-order valence-corrected chi connectivity index (χ3v) is 5.41. The Labute approximate surface area is 148 Å². The number of benzene rings is 1. The van der Waals surface area contributed by atoms with Crippen molar-refractivity contribution < 1.29 is 9.59 Å².